The molecule has 0 N–H and O–H groups in total. The number of ether oxygens (including phenoxy) is 3. The number of halogens is 1. The van der Waals surface area contributed by atoms with E-state index in [1.165, 1.54) is 12.8 Å². The lowest BCUT2D eigenvalue weighted by Gasteiger charge is -2.36. The van der Waals surface area contributed by atoms with Crippen molar-refractivity contribution in [3.05, 3.63) is 23.2 Å². The topological polar surface area (TPSA) is 51.2 Å². The minimum absolute atomic E-state index is 0.0403. The maximum Gasteiger partial charge on any atom is 0.248 e. The summed E-state index contributed by atoms with van der Waals surface area (Å²) in [4.78, 5) is 16.2. The summed E-state index contributed by atoms with van der Waals surface area (Å²) in [7, 11) is 0. The largest absolute Gasteiger partial charge is 0.486 e. The fourth-order valence-electron chi connectivity index (χ4n) is 4.05. The van der Waals surface area contributed by atoms with Gasteiger partial charge in [-0.3, -0.25) is 9.69 Å². The van der Waals surface area contributed by atoms with Crippen LogP contribution in [0.15, 0.2) is 18.2 Å². The molecule has 0 aliphatic carbocycles. The molecule has 1 aromatic rings. The fraction of sp³-hybridized carbons (Fsp3) is 0.650. The van der Waals surface area contributed by atoms with Gasteiger partial charge in [0, 0.05) is 30.7 Å². The SMILES string of the molecule is O=C1COCCN1CCC1CCN(C[C@H]2COc3ccc(Cl)cc3O2)CC1. The molecule has 0 bridgehead atoms. The number of morpholine rings is 1. The summed E-state index contributed by atoms with van der Waals surface area (Å²) in [6.45, 7) is 6.12. The molecule has 148 valence electrons. The summed E-state index contributed by atoms with van der Waals surface area (Å²) < 4.78 is 17.1. The highest BCUT2D eigenvalue weighted by Gasteiger charge is 2.27. The Morgan fingerprint density at radius 3 is 2.81 bits per heavy atom. The van der Waals surface area contributed by atoms with Gasteiger partial charge in [0.05, 0.1) is 6.61 Å². The van der Waals surface area contributed by atoms with E-state index >= 15 is 0 Å². The van der Waals surface area contributed by atoms with E-state index in [-0.39, 0.29) is 18.6 Å². The molecular formula is C20H27ClN2O4. The summed E-state index contributed by atoms with van der Waals surface area (Å²) in [5, 5.41) is 0.664. The molecule has 27 heavy (non-hydrogen) atoms. The van der Waals surface area contributed by atoms with Crippen LogP contribution in [0.4, 0.5) is 0 Å². The lowest BCUT2D eigenvalue weighted by atomic mass is 9.93. The Labute approximate surface area is 165 Å². The van der Waals surface area contributed by atoms with E-state index in [1.54, 1.807) is 0 Å². The van der Waals surface area contributed by atoms with Crippen molar-refractivity contribution >= 4 is 17.5 Å². The summed E-state index contributed by atoms with van der Waals surface area (Å²) in [5.41, 5.74) is 0. The number of nitrogens with zero attached hydrogens (tertiary/aromatic N) is 2. The van der Waals surface area contributed by atoms with Crippen LogP contribution in [0.1, 0.15) is 19.3 Å². The lowest BCUT2D eigenvalue weighted by Crippen LogP contribution is -2.45. The zero-order valence-corrected chi connectivity index (χ0v) is 16.3. The number of carbonyl (C=O) groups is 1. The van der Waals surface area contributed by atoms with Gasteiger partial charge in [-0.15, -0.1) is 0 Å². The summed E-state index contributed by atoms with van der Waals surface area (Å²) in [6.07, 6.45) is 3.48. The van der Waals surface area contributed by atoms with Gasteiger partial charge in [-0.25, -0.2) is 0 Å². The van der Waals surface area contributed by atoms with Crippen LogP contribution < -0.4 is 9.47 Å². The third-order valence-electron chi connectivity index (χ3n) is 5.68. The molecule has 0 saturated carbocycles. The number of benzene rings is 1. The second-order valence-electron chi connectivity index (χ2n) is 7.61. The number of hydrogen-bond acceptors (Lipinski definition) is 5. The number of fused-ring (bicyclic) bond motifs is 1. The standard InChI is InChI=1S/C20H27ClN2O4/c21-16-1-2-18-19(11-16)27-17(13-26-18)12-22-6-3-15(4-7-22)5-8-23-9-10-25-14-20(23)24/h1-2,11,15,17H,3-10,12-14H2/t17-/m0/s1. The van der Waals surface area contributed by atoms with Gasteiger partial charge >= 0.3 is 0 Å². The Kier molecular flexibility index (Phi) is 6.05. The predicted octanol–water partition coefficient (Wildman–Crippen LogP) is 2.44. The van der Waals surface area contributed by atoms with Crippen LogP contribution in [0.25, 0.3) is 0 Å². The Morgan fingerprint density at radius 1 is 1.15 bits per heavy atom. The molecule has 0 spiro atoms. The molecule has 1 aromatic carbocycles. The highest BCUT2D eigenvalue weighted by atomic mass is 35.5. The van der Waals surface area contributed by atoms with Crippen molar-refractivity contribution in [2.24, 2.45) is 5.92 Å². The minimum atomic E-state index is 0.0403. The predicted molar refractivity (Wildman–Crippen MR) is 103 cm³/mol. The van der Waals surface area contributed by atoms with Gasteiger partial charge < -0.3 is 19.1 Å². The van der Waals surface area contributed by atoms with E-state index < -0.39 is 0 Å². The molecule has 0 aromatic heterocycles. The van der Waals surface area contributed by atoms with Crippen molar-refractivity contribution in [1.82, 2.24) is 9.80 Å². The smallest absolute Gasteiger partial charge is 0.248 e. The molecule has 6 nitrogen and oxygen atoms in total. The quantitative estimate of drug-likeness (QED) is 0.767. The monoisotopic (exact) mass is 394 g/mol. The summed E-state index contributed by atoms with van der Waals surface area (Å²) >= 11 is 6.05. The van der Waals surface area contributed by atoms with Crippen LogP contribution in [0, 0.1) is 5.92 Å². The number of likely N-dealkylation sites (tertiary alicyclic amines) is 1. The third kappa shape index (κ3) is 4.86. The van der Waals surface area contributed by atoms with Crippen molar-refractivity contribution in [1.29, 1.82) is 0 Å². The minimum Gasteiger partial charge on any atom is -0.486 e. The molecule has 3 heterocycles. The third-order valence-corrected chi connectivity index (χ3v) is 5.92. The zero-order valence-electron chi connectivity index (χ0n) is 15.6. The maximum atomic E-state index is 11.8. The highest BCUT2D eigenvalue weighted by Crippen LogP contribution is 2.34. The first-order chi connectivity index (χ1) is 13.2. The van der Waals surface area contributed by atoms with Gasteiger partial charge in [-0.05, 0) is 50.4 Å². The Morgan fingerprint density at radius 2 is 2.00 bits per heavy atom. The molecule has 7 heteroatoms. The molecule has 2 saturated heterocycles. The number of amides is 1. The number of hydrogen-bond donors (Lipinski definition) is 0. The van der Waals surface area contributed by atoms with Crippen LogP contribution in [0.2, 0.25) is 5.02 Å². The molecule has 0 unspecified atom stereocenters. The van der Waals surface area contributed by atoms with Crippen LogP contribution >= 0.6 is 11.6 Å². The maximum absolute atomic E-state index is 11.8. The van der Waals surface area contributed by atoms with E-state index in [1.807, 2.05) is 23.1 Å². The second-order valence-corrected chi connectivity index (χ2v) is 8.04. The van der Waals surface area contributed by atoms with E-state index in [9.17, 15) is 4.79 Å². The van der Waals surface area contributed by atoms with Crippen molar-refractivity contribution in [2.45, 2.75) is 25.4 Å². The normalized spacial score (nSPS) is 24.3. The number of rotatable bonds is 5. The van der Waals surface area contributed by atoms with E-state index in [0.717, 1.165) is 50.6 Å². The summed E-state index contributed by atoms with van der Waals surface area (Å²) in [6, 6.07) is 5.50. The Bertz CT molecular complexity index is 663. The lowest BCUT2D eigenvalue weighted by molar-refractivity contribution is -0.142. The van der Waals surface area contributed by atoms with Crippen molar-refractivity contribution in [3.63, 3.8) is 0 Å². The van der Waals surface area contributed by atoms with Gasteiger partial charge in [0.1, 0.15) is 19.3 Å². The average Bonchev–Trinajstić information content (AvgIpc) is 2.68. The van der Waals surface area contributed by atoms with Crippen LogP contribution in [-0.4, -0.2) is 74.4 Å². The molecule has 4 rings (SSSR count). The summed E-state index contributed by atoms with van der Waals surface area (Å²) in [5.74, 6) is 2.34. The number of piperidine rings is 1. The van der Waals surface area contributed by atoms with Crippen LogP contribution in [0.5, 0.6) is 11.5 Å². The Hall–Kier alpha value is -1.50. The van der Waals surface area contributed by atoms with Crippen molar-refractivity contribution < 1.29 is 19.0 Å². The zero-order chi connectivity index (χ0) is 18.6. The fourth-order valence-corrected chi connectivity index (χ4v) is 4.21. The van der Waals surface area contributed by atoms with E-state index in [4.69, 9.17) is 25.8 Å². The van der Waals surface area contributed by atoms with Gasteiger partial charge in [0.25, 0.3) is 0 Å². The van der Waals surface area contributed by atoms with Gasteiger partial charge in [-0.1, -0.05) is 11.6 Å². The van der Waals surface area contributed by atoms with Crippen molar-refractivity contribution in [3.8, 4) is 11.5 Å². The van der Waals surface area contributed by atoms with Gasteiger partial charge in [0.2, 0.25) is 5.91 Å². The van der Waals surface area contributed by atoms with Gasteiger partial charge in [0.15, 0.2) is 11.5 Å². The van der Waals surface area contributed by atoms with Crippen LogP contribution in [0.3, 0.4) is 0 Å². The molecule has 1 amide bonds. The second kappa shape index (κ2) is 8.67. The molecule has 2 fully saturated rings. The first kappa shape index (κ1) is 18.8. The van der Waals surface area contributed by atoms with E-state index in [0.29, 0.717) is 24.2 Å². The first-order valence-electron chi connectivity index (χ1n) is 9.84. The number of carbonyl (C=O) groups excluding carboxylic acids is 1. The first-order valence-corrected chi connectivity index (χ1v) is 10.2. The van der Waals surface area contributed by atoms with Crippen LogP contribution in [-0.2, 0) is 9.53 Å². The average molecular weight is 395 g/mol. The van der Waals surface area contributed by atoms with E-state index in [2.05, 4.69) is 4.90 Å². The highest BCUT2D eigenvalue weighted by molar-refractivity contribution is 6.30. The van der Waals surface area contributed by atoms with Crippen molar-refractivity contribution in [2.75, 3.05) is 52.5 Å². The molecule has 1 atom stereocenters. The molecule has 0 radical (unpaired) electrons. The Balaban J connectivity index is 1.19. The molecular weight excluding hydrogens is 368 g/mol. The van der Waals surface area contributed by atoms with Gasteiger partial charge in [-0.2, -0.15) is 0 Å². The molecule has 3 aliphatic heterocycles. The molecule has 3 aliphatic rings.